The van der Waals surface area contributed by atoms with E-state index in [4.69, 9.17) is 13.9 Å². The van der Waals surface area contributed by atoms with Crippen LogP contribution < -0.4 is 19.6 Å². The molecule has 0 radical (unpaired) electrons. The molecule has 0 amide bonds. The number of nitro groups is 1. The fourth-order valence-corrected chi connectivity index (χ4v) is 5.53. The number of rotatable bonds is 8. The summed E-state index contributed by atoms with van der Waals surface area (Å²) < 4.78 is 18.7. The number of benzene rings is 2. The molecular formula is C29H25N3O7S. The van der Waals surface area contributed by atoms with Crippen molar-refractivity contribution >= 4 is 29.1 Å². The van der Waals surface area contributed by atoms with Crippen molar-refractivity contribution < 1.29 is 23.6 Å². The Morgan fingerprint density at radius 1 is 1.15 bits per heavy atom. The number of carbonyl (C=O) groups is 1. The monoisotopic (exact) mass is 559 g/mol. The quantitative estimate of drug-likeness (QED) is 0.178. The van der Waals surface area contributed by atoms with E-state index in [2.05, 4.69) is 4.99 Å². The van der Waals surface area contributed by atoms with Gasteiger partial charge in [0, 0.05) is 23.8 Å². The summed E-state index contributed by atoms with van der Waals surface area (Å²) in [5, 5.41) is 11.1. The normalized spacial score (nSPS) is 15.0. The molecule has 10 nitrogen and oxygen atoms in total. The zero-order valence-corrected chi connectivity index (χ0v) is 22.8. The molecule has 0 spiro atoms. The predicted octanol–water partition coefficient (Wildman–Crippen LogP) is 4.37. The van der Waals surface area contributed by atoms with Crippen molar-refractivity contribution in [1.29, 1.82) is 0 Å². The Bertz CT molecular complexity index is 1810. The van der Waals surface area contributed by atoms with Gasteiger partial charge in [-0.3, -0.25) is 19.5 Å². The Balaban J connectivity index is 1.60. The fourth-order valence-electron chi connectivity index (χ4n) is 4.51. The van der Waals surface area contributed by atoms with Gasteiger partial charge in [-0.15, -0.1) is 0 Å². The third-order valence-electron chi connectivity index (χ3n) is 6.27. The maximum Gasteiger partial charge on any atom is 0.338 e. The molecule has 0 N–H and O–H groups in total. The zero-order chi connectivity index (χ0) is 28.4. The van der Waals surface area contributed by atoms with E-state index < -0.39 is 16.9 Å². The minimum atomic E-state index is -0.745. The van der Waals surface area contributed by atoms with Crippen LogP contribution in [0.1, 0.15) is 38.1 Å². The number of hydrogen-bond acceptors (Lipinski definition) is 9. The lowest BCUT2D eigenvalue weighted by Crippen LogP contribution is -2.39. The first-order valence-corrected chi connectivity index (χ1v) is 13.4. The molecule has 2 aromatic carbocycles. The summed E-state index contributed by atoms with van der Waals surface area (Å²) in [5.41, 5.74) is 1.61. The van der Waals surface area contributed by atoms with Crippen LogP contribution in [0, 0.1) is 10.1 Å². The van der Waals surface area contributed by atoms with Gasteiger partial charge >= 0.3 is 5.97 Å². The molecule has 0 bridgehead atoms. The summed E-state index contributed by atoms with van der Waals surface area (Å²) in [6, 6.07) is 16.0. The number of hydrogen-bond donors (Lipinski definition) is 0. The van der Waals surface area contributed by atoms with E-state index >= 15 is 0 Å². The standard InChI is InChI=1S/C29H25N3O7S/c1-4-37-21-11-9-18(10-12-21)26-25(28(34)38-5-2)17(3)30-29-31(26)27(33)24(40-29)16-22-13-14-23(39-22)19-7-6-8-20(15-19)32(35)36/h6-16,26H,4-5H2,1-3H3/b24-16-/t26-/m0/s1. The Hall–Kier alpha value is -4.77. The van der Waals surface area contributed by atoms with Gasteiger partial charge in [0.2, 0.25) is 0 Å². The SMILES string of the molecule is CCOC(=O)C1=C(C)N=c2s/c(=C\c3ccc(-c4cccc([N+](=O)[O-])c4)o3)c(=O)n2[C@H]1c1ccc(OCC)cc1. The number of ether oxygens (including phenoxy) is 2. The van der Waals surface area contributed by atoms with Crippen LogP contribution in [-0.2, 0) is 9.53 Å². The first-order valence-electron chi connectivity index (χ1n) is 12.6. The molecule has 5 rings (SSSR count). The Labute approximate surface area is 232 Å². The molecule has 11 heteroatoms. The van der Waals surface area contributed by atoms with Gasteiger partial charge in [0.1, 0.15) is 17.3 Å². The minimum absolute atomic E-state index is 0.0502. The maximum atomic E-state index is 13.8. The van der Waals surface area contributed by atoms with Gasteiger partial charge in [-0.1, -0.05) is 35.6 Å². The van der Waals surface area contributed by atoms with E-state index in [1.165, 1.54) is 28.0 Å². The van der Waals surface area contributed by atoms with Gasteiger partial charge < -0.3 is 13.9 Å². The molecule has 0 saturated heterocycles. The van der Waals surface area contributed by atoms with E-state index in [9.17, 15) is 19.7 Å². The number of esters is 1. The van der Waals surface area contributed by atoms with Crippen molar-refractivity contribution in [2.24, 2.45) is 4.99 Å². The maximum absolute atomic E-state index is 13.8. The lowest BCUT2D eigenvalue weighted by atomic mass is 9.96. The van der Waals surface area contributed by atoms with E-state index in [0.29, 0.717) is 50.0 Å². The average molecular weight is 560 g/mol. The lowest BCUT2D eigenvalue weighted by molar-refractivity contribution is -0.384. The Morgan fingerprint density at radius 2 is 1.93 bits per heavy atom. The summed E-state index contributed by atoms with van der Waals surface area (Å²) in [4.78, 5) is 42.5. The van der Waals surface area contributed by atoms with Crippen LogP contribution in [0.3, 0.4) is 0 Å². The average Bonchev–Trinajstić information content (AvgIpc) is 3.53. The molecular weight excluding hydrogens is 534 g/mol. The van der Waals surface area contributed by atoms with E-state index in [1.54, 1.807) is 56.3 Å². The Morgan fingerprint density at radius 3 is 2.62 bits per heavy atom. The van der Waals surface area contributed by atoms with Crippen LogP contribution in [0.15, 0.2) is 86.1 Å². The highest BCUT2D eigenvalue weighted by Crippen LogP contribution is 2.32. The topological polar surface area (TPSA) is 126 Å². The van der Waals surface area contributed by atoms with Gasteiger partial charge in [0.15, 0.2) is 4.80 Å². The van der Waals surface area contributed by atoms with Crippen LogP contribution in [0.25, 0.3) is 17.4 Å². The van der Waals surface area contributed by atoms with Gasteiger partial charge in [-0.2, -0.15) is 0 Å². The molecule has 204 valence electrons. The van der Waals surface area contributed by atoms with Crippen LogP contribution >= 0.6 is 11.3 Å². The summed E-state index contributed by atoms with van der Waals surface area (Å²) in [6.07, 6.45) is 1.60. The van der Waals surface area contributed by atoms with E-state index in [0.717, 1.165) is 0 Å². The second-order valence-corrected chi connectivity index (χ2v) is 9.82. The molecule has 0 aliphatic carbocycles. The molecule has 0 unspecified atom stereocenters. The molecule has 1 aliphatic rings. The van der Waals surface area contributed by atoms with Crippen molar-refractivity contribution in [2.45, 2.75) is 26.8 Å². The number of nitro benzene ring substituents is 1. The zero-order valence-electron chi connectivity index (χ0n) is 22.0. The lowest BCUT2D eigenvalue weighted by Gasteiger charge is -2.24. The number of non-ortho nitro benzene ring substituents is 1. The molecule has 0 fully saturated rings. The van der Waals surface area contributed by atoms with Crippen molar-refractivity contribution in [3.05, 3.63) is 113 Å². The summed E-state index contributed by atoms with van der Waals surface area (Å²) in [6.45, 7) is 6.03. The summed E-state index contributed by atoms with van der Waals surface area (Å²) >= 11 is 1.18. The molecule has 40 heavy (non-hydrogen) atoms. The van der Waals surface area contributed by atoms with Crippen LogP contribution in [0.5, 0.6) is 5.75 Å². The highest BCUT2D eigenvalue weighted by atomic mass is 32.1. The number of furan rings is 1. The number of aromatic nitrogens is 1. The van der Waals surface area contributed by atoms with Crippen LogP contribution in [-0.4, -0.2) is 28.7 Å². The Kier molecular flexibility index (Phi) is 7.47. The second kappa shape index (κ2) is 11.1. The van der Waals surface area contributed by atoms with Crippen molar-refractivity contribution in [2.75, 3.05) is 13.2 Å². The largest absolute Gasteiger partial charge is 0.494 e. The molecule has 1 atom stereocenters. The third kappa shape index (κ3) is 5.10. The smallest absolute Gasteiger partial charge is 0.338 e. The second-order valence-electron chi connectivity index (χ2n) is 8.81. The highest BCUT2D eigenvalue weighted by Gasteiger charge is 2.33. The van der Waals surface area contributed by atoms with Crippen LogP contribution in [0.4, 0.5) is 5.69 Å². The van der Waals surface area contributed by atoms with Gasteiger partial charge in [-0.25, -0.2) is 9.79 Å². The van der Waals surface area contributed by atoms with Gasteiger partial charge in [0.05, 0.1) is 40.0 Å². The molecule has 1 aliphatic heterocycles. The molecule has 4 aromatic rings. The summed E-state index contributed by atoms with van der Waals surface area (Å²) in [5.74, 6) is 0.958. The minimum Gasteiger partial charge on any atom is -0.494 e. The highest BCUT2D eigenvalue weighted by molar-refractivity contribution is 7.07. The molecule has 0 saturated carbocycles. The van der Waals surface area contributed by atoms with Crippen molar-refractivity contribution in [3.63, 3.8) is 0 Å². The van der Waals surface area contributed by atoms with Crippen LogP contribution in [0.2, 0.25) is 0 Å². The van der Waals surface area contributed by atoms with E-state index in [1.807, 2.05) is 19.1 Å². The van der Waals surface area contributed by atoms with Crippen molar-refractivity contribution in [1.82, 2.24) is 4.57 Å². The van der Waals surface area contributed by atoms with E-state index in [-0.39, 0.29) is 23.4 Å². The third-order valence-corrected chi connectivity index (χ3v) is 7.25. The number of thiazole rings is 1. The first kappa shape index (κ1) is 26.8. The molecule has 2 aromatic heterocycles. The molecule has 3 heterocycles. The summed E-state index contributed by atoms with van der Waals surface area (Å²) in [7, 11) is 0. The number of carbonyl (C=O) groups excluding carboxylic acids is 1. The number of nitrogens with zero attached hydrogens (tertiary/aromatic N) is 3. The van der Waals surface area contributed by atoms with Crippen molar-refractivity contribution in [3.8, 4) is 17.1 Å². The first-order chi connectivity index (χ1) is 19.3. The predicted molar refractivity (Wildman–Crippen MR) is 149 cm³/mol. The fraction of sp³-hybridized carbons (Fsp3) is 0.207. The number of fused-ring (bicyclic) bond motifs is 1. The van der Waals surface area contributed by atoms with Gasteiger partial charge in [-0.05, 0) is 50.6 Å². The number of allylic oxidation sites excluding steroid dienone is 1. The van der Waals surface area contributed by atoms with Gasteiger partial charge in [0.25, 0.3) is 11.2 Å².